The van der Waals surface area contributed by atoms with Crippen molar-refractivity contribution in [3.05, 3.63) is 11.1 Å². The van der Waals surface area contributed by atoms with E-state index in [0.717, 1.165) is 30.9 Å². The van der Waals surface area contributed by atoms with E-state index >= 15 is 0 Å². The Kier molecular flexibility index (Phi) is 2.83. The summed E-state index contributed by atoms with van der Waals surface area (Å²) in [5, 5.41) is 6.07. The van der Waals surface area contributed by atoms with Crippen LogP contribution in [0.15, 0.2) is 5.38 Å². The maximum atomic E-state index is 6.35. The number of nitrogens with zero attached hydrogens (tertiary/aromatic N) is 2. The average Bonchev–Trinajstić information content (AvgIpc) is 2.76. The van der Waals surface area contributed by atoms with Gasteiger partial charge in [0.1, 0.15) is 0 Å². The van der Waals surface area contributed by atoms with Crippen LogP contribution in [-0.2, 0) is 6.42 Å². The molecule has 1 saturated carbocycles. The molecule has 0 radical (unpaired) electrons. The van der Waals surface area contributed by atoms with Crippen LogP contribution >= 0.6 is 11.5 Å². The molecular weight excluding hydrogens is 194 g/mol. The maximum absolute atomic E-state index is 6.35. The molecule has 1 heterocycles. The minimum atomic E-state index is -0.00354. The first-order valence-corrected chi connectivity index (χ1v) is 6.10. The van der Waals surface area contributed by atoms with Crippen LogP contribution in [-0.4, -0.2) is 15.1 Å². The third-order valence-electron chi connectivity index (χ3n) is 3.26. The van der Waals surface area contributed by atoms with Gasteiger partial charge in [-0.05, 0) is 36.7 Å². The second-order valence-corrected chi connectivity index (χ2v) is 5.06. The fourth-order valence-electron chi connectivity index (χ4n) is 2.40. The van der Waals surface area contributed by atoms with Gasteiger partial charge in [0.15, 0.2) is 0 Å². The Bertz CT molecular complexity index is 286. The van der Waals surface area contributed by atoms with Gasteiger partial charge in [-0.25, -0.2) is 0 Å². The largest absolute Gasteiger partial charge is 0.325 e. The number of hydrogen-bond donors (Lipinski definition) is 1. The second kappa shape index (κ2) is 3.95. The quantitative estimate of drug-likeness (QED) is 0.832. The first kappa shape index (κ1) is 10.1. The Morgan fingerprint density at radius 1 is 1.71 bits per heavy atom. The van der Waals surface area contributed by atoms with Crippen LogP contribution in [0.25, 0.3) is 0 Å². The molecule has 1 aliphatic carbocycles. The molecule has 1 aliphatic rings. The lowest BCUT2D eigenvalue weighted by Gasteiger charge is -2.22. The van der Waals surface area contributed by atoms with Gasteiger partial charge in [-0.15, -0.1) is 5.10 Å². The highest BCUT2D eigenvalue weighted by Gasteiger charge is 2.35. The van der Waals surface area contributed by atoms with E-state index in [0.29, 0.717) is 0 Å². The normalized spacial score (nSPS) is 32.3. The molecule has 4 heteroatoms. The smallest absolute Gasteiger partial charge is 0.0773 e. The number of rotatable bonds is 3. The molecule has 0 amide bonds. The highest BCUT2D eigenvalue weighted by molar-refractivity contribution is 7.03. The van der Waals surface area contributed by atoms with E-state index in [1.165, 1.54) is 24.4 Å². The molecule has 0 spiro atoms. The minimum absolute atomic E-state index is 0.00354. The van der Waals surface area contributed by atoms with Crippen LogP contribution in [0.1, 0.15) is 38.3 Å². The van der Waals surface area contributed by atoms with Crippen LogP contribution < -0.4 is 5.73 Å². The van der Waals surface area contributed by atoms with Gasteiger partial charge >= 0.3 is 0 Å². The Morgan fingerprint density at radius 2 is 2.57 bits per heavy atom. The maximum Gasteiger partial charge on any atom is 0.0773 e. The van der Waals surface area contributed by atoms with Gasteiger partial charge in [-0.2, -0.15) is 0 Å². The fraction of sp³-hybridized carbons (Fsp3) is 0.800. The van der Waals surface area contributed by atoms with Gasteiger partial charge in [0.2, 0.25) is 0 Å². The van der Waals surface area contributed by atoms with E-state index < -0.39 is 0 Å². The van der Waals surface area contributed by atoms with Gasteiger partial charge in [-0.3, -0.25) is 0 Å². The molecule has 0 aromatic carbocycles. The molecule has 1 aromatic rings. The highest BCUT2D eigenvalue weighted by atomic mass is 32.1. The van der Waals surface area contributed by atoms with Crippen molar-refractivity contribution in [2.24, 2.45) is 11.7 Å². The van der Waals surface area contributed by atoms with Crippen molar-refractivity contribution in [3.63, 3.8) is 0 Å². The van der Waals surface area contributed by atoms with Crippen LogP contribution in [0.4, 0.5) is 0 Å². The number of hydrogen-bond acceptors (Lipinski definition) is 4. The van der Waals surface area contributed by atoms with Crippen molar-refractivity contribution < 1.29 is 0 Å². The lowest BCUT2D eigenvalue weighted by Crippen LogP contribution is -2.39. The molecule has 1 fully saturated rings. The monoisotopic (exact) mass is 211 g/mol. The van der Waals surface area contributed by atoms with E-state index in [1.807, 2.05) is 5.38 Å². The molecule has 78 valence electrons. The van der Waals surface area contributed by atoms with E-state index in [4.69, 9.17) is 5.73 Å². The average molecular weight is 211 g/mol. The van der Waals surface area contributed by atoms with Crippen LogP contribution in [0.3, 0.4) is 0 Å². The summed E-state index contributed by atoms with van der Waals surface area (Å²) in [5.74, 6) is 0.826. The van der Waals surface area contributed by atoms with Gasteiger partial charge in [0, 0.05) is 17.3 Å². The first-order valence-electron chi connectivity index (χ1n) is 5.27. The van der Waals surface area contributed by atoms with Crippen molar-refractivity contribution in [3.8, 4) is 0 Å². The Morgan fingerprint density at radius 3 is 3.14 bits per heavy atom. The van der Waals surface area contributed by atoms with Crippen LogP contribution in [0.2, 0.25) is 0 Å². The van der Waals surface area contributed by atoms with Crippen molar-refractivity contribution >= 4 is 11.5 Å². The molecular formula is C10H17N3S. The number of nitrogens with two attached hydrogens (primary N) is 1. The van der Waals surface area contributed by atoms with E-state index in [9.17, 15) is 0 Å². The summed E-state index contributed by atoms with van der Waals surface area (Å²) in [5.41, 5.74) is 7.41. The standard InChI is InChI=1S/C10H17N3S/c1-2-8-3-4-10(11,5-8)6-9-7-14-13-12-9/h7-8H,2-6,11H2,1H3. The SMILES string of the molecule is CCC1CCC(N)(Cc2csnn2)C1. The molecule has 1 aromatic heterocycles. The molecule has 3 nitrogen and oxygen atoms in total. The fourth-order valence-corrected chi connectivity index (χ4v) is 2.85. The molecule has 2 N–H and O–H groups in total. The molecule has 2 atom stereocenters. The van der Waals surface area contributed by atoms with E-state index in [1.54, 1.807) is 0 Å². The minimum Gasteiger partial charge on any atom is -0.325 e. The lowest BCUT2D eigenvalue weighted by atomic mass is 9.91. The summed E-state index contributed by atoms with van der Waals surface area (Å²) in [6.07, 6.45) is 5.74. The molecule has 0 aliphatic heterocycles. The summed E-state index contributed by atoms with van der Waals surface area (Å²) in [7, 11) is 0. The molecule has 14 heavy (non-hydrogen) atoms. The highest BCUT2D eigenvalue weighted by Crippen LogP contribution is 2.36. The Balaban J connectivity index is 1.97. The Labute approximate surface area is 88.9 Å². The molecule has 2 rings (SSSR count). The van der Waals surface area contributed by atoms with Crippen molar-refractivity contribution in [2.75, 3.05) is 0 Å². The molecule has 2 unspecified atom stereocenters. The number of aromatic nitrogens is 2. The molecule has 0 bridgehead atoms. The summed E-state index contributed by atoms with van der Waals surface area (Å²) in [6.45, 7) is 2.25. The molecule has 0 saturated heterocycles. The van der Waals surface area contributed by atoms with Crippen molar-refractivity contribution in [1.29, 1.82) is 0 Å². The summed E-state index contributed by atoms with van der Waals surface area (Å²) < 4.78 is 3.87. The van der Waals surface area contributed by atoms with Crippen LogP contribution in [0, 0.1) is 5.92 Å². The third-order valence-corrected chi connectivity index (χ3v) is 3.81. The zero-order valence-electron chi connectivity index (χ0n) is 8.57. The van der Waals surface area contributed by atoms with Gasteiger partial charge in [0.05, 0.1) is 5.69 Å². The third kappa shape index (κ3) is 2.12. The first-order chi connectivity index (χ1) is 6.72. The Hall–Kier alpha value is -0.480. The van der Waals surface area contributed by atoms with Crippen molar-refractivity contribution in [2.45, 2.75) is 44.6 Å². The summed E-state index contributed by atoms with van der Waals surface area (Å²) in [6, 6.07) is 0. The summed E-state index contributed by atoms with van der Waals surface area (Å²) >= 11 is 1.41. The van der Waals surface area contributed by atoms with Gasteiger partial charge in [-0.1, -0.05) is 17.8 Å². The van der Waals surface area contributed by atoms with Crippen molar-refractivity contribution in [1.82, 2.24) is 9.59 Å². The van der Waals surface area contributed by atoms with E-state index in [-0.39, 0.29) is 5.54 Å². The van der Waals surface area contributed by atoms with E-state index in [2.05, 4.69) is 16.5 Å². The summed E-state index contributed by atoms with van der Waals surface area (Å²) in [4.78, 5) is 0. The van der Waals surface area contributed by atoms with Gasteiger partial charge in [0.25, 0.3) is 0 Å². The predicted molar refractivity (Wildman–Crippen MR) is 58.2 cm³/mol. The van der Waals surface area contributed by atoms with Gasteiger partial charge < -0.3 is 5.73 Å². The zero-order chi connectivity index (χ0) is 10.0. The zero-order valence-corrected chi connectivity index (χ0v) is 9.39. The predicted octanol–water partition coefficient (Wildman–Crippen LogP) is 1.99. The topological polar surface area (TPSA) is 51.8 Å². The van der Waals surface area contributed by atoms with Crippen LogP contribution in [0.5, 0.6) is 0 Å². The second-order valence-electron chi connectivity index (χ2n) is 4.45. The lowest BCUT2D eigenvalue weighted by molar-refractivity contribution is 0.403.